The minimum atomic E-state index is -3.65. The summed E-state index contributed by atoms with van der Waals surface area (Å²) in [5, 5.41) is 0. The first kappa shape index (κ1) is 29.6. The van der Waals surface area contributed by atoms with E-state index in [0.29, 0.717) is 6.42 Å². The van der Waals surface area contributed by atoms with Gasteiger partial charge in [0.05, 0.1) is 18.6 Å². The molecule has 0 aliphatic carbocycles. The fourth-order valence-corrected chi connectivity index (χ4v) is 3.94. The van der Waals surface area contributed by atoms with E-state index < -0.39 is 10.1 Å². The molecule has 1 aromatic rings. The third kappa shape index (κ3) is 15.4. The van der Waals surface area contributed by atoms with Gasteiger partial charge in [-0.05, 0) is 70.4 Å². The van der Waals surface area contributed by atoms with Crippen molar-refractivity contribution in [1.29, 1.82) is 0 Å². The SMILES string of the molecule is COC(=O)CCC/C=C\C/C=C\C/C=C\C/C=C\CCCCCOS(=O)(=O)c1ccc(C)cc1. The van der Waals surface area contributed by atoms with Crippen molar-refractivity contribution in [2.75, 3.05) is 13.7 Å². The van der Waals surface area contributed by atoms with E-state index in [2.05, 4.69) is 53.3 Å². The highest BCUT2D eigenvalue weighted by atomic mass is 32.2. The number of hydrogen-bond acceptors (Lipinski definition) is 5. The Labute approximate surface area is 206 Å². The second kappa shape index (κ2) is 18.9. The lowest BCUT2D eigenvalue weighted by atomic mass is 10.2. The van der Waals surface area contributed by atoms with E-state index in [1.807, 2.05) is 6.92 Å². The lowest BCUT2D eigenvalue weighted by Crippen LogP contribution is -2.07. The molecule has 1 rings (SSSR count). The number of esters is 1. The summed E-state index contributed by atoms with van der Waals surface area (Å²) in [5.74, 6) is -0.148. The van der Waals surface area contributed by atoms with Crippen molar-refractivity contribution in [3.8, 4) is 0 Å². The molecule has 0 unspecified atom stereocenters. The predicted molar refractivity (Wildman–Crippen MR) is 139 cm³/mol. The van der Waals surface area contributed by atoms with Gasteiger partial charge < -0.3 is 4.74 Å². The average Bonchev–Trinajstić information content (AvgIpc) is 2.82. The molecule has 0 fully saturated rings. The van der Waals surface area contributed by atoms with Gasteiger partial charge in [0.15, 0.2) is 0 Å². The topological polar surface area (TPSA) is 69.7 Å². The standard InChI is InChI=1S/C28H40O5S/c1-26-21-23-27(24-22-26)34(30,31)33-25-19-17-15-13-11-9-7-5-3-4-6-8-10-12-14-16-18-20-28(29)32-2/h3,5-6,8-9,11-12,14,21-24H,4,7,10,13,15-20,25H2,1-2H3/b5-3-,8-6-,11-9-,14-12-. The number of methoxy groups -OCH3 is 1. The first-order valence-corrected chi connectivity index (χ1v) is 13.5. The van der Waals surface area contributed by atoms with Crippen molar-refractivity contribution in [3.63, 3.8) is 0 Å². The maximum atomic E-state index is 12.1. The third-order valence-corrected chi connectivity index (χ3v) is 6.35. The molecule has 0 spiro atoms. The maximum absolute atomic E-state index is 12.1. The van der Waals surface area contributed by atoms with Crippen LogP contribution in [0.3, 0.4) is 0 Å². The molecular formula is C28H40O5S. The molecule has 0 aromatic heterocycles. The number of carbonyl (C=O) groups is 1. The number of carbonyl (C=O) groups excluding carboxylic acids is 1. The van der Waals surface area contributed by atoms with E-state index >= 15 is 0 Å². The third-order valence-electron chi connectivity index (χ3n) is 5.03. The van der Waals surface area contributed by atoms with E-state index in [1.165, 1.54) is 7.11 Å². The molecule has 188 valence electrons. The van der Waals surface area contributed by atoms with Crippen LogP contribution in [-0.2, 0) is 23.8 Å². The molecule has 5 nitrogen and oxygen atoms in total. The Morgan fingerprint density at radius 1 is 0.765 bits per heavy atom. The number of rotatable bonds is 18. The van der Waals surface area contributed by atoms with Crippen molar-refractivity contribution < 1.29 is 22.1 Å². The van der Waals surface area contributed by atoms with Crippen molar-refractivity contribution in [3.05, 3.63) is 78.4 Å². The highest BCUT2D eigenvalue weighted by Gasteiger charge is 2.14. The van der Waals surface area contributed by atoms with Crippen LogP contribution in [0.5, 0.6) is 0 Å². The quantitative estimate of drug-likeness (QED) is 0.0963. The molecular weight excluding hydrogens is 448 g/mol. The van der Waals surface area contributed by atoms with Crippen LogP contribution in [0.25, 0.3) is 0 Å². The summed E-state index contributed by atoms with van der Waals surface area (Å²) in [5.41, 5.74) is 1.02. The Kier molecular flexibility index (Phi) is 16.5. The molecule has 0 heterocycles. The van der Waals surface area contributed by atoms with Crippen LogP contribution >= 0.6 is 0 Å². The second-order valence-corrected chi connectivity index (χ2v) is 9.61. The monoisotopic (exact) mass is 488 g/mol. The zero-order valence-electron chi connectivity index (χ0n) is 20.7. The van der Waals surface area contributed by atoms with Crippen LogP contribution in [-0.4, -0.2) is 28.1 Å². The fourth-order valence-electron chi connectivity index (χ4n) is 3.00. The maximum Gasteiger partial charge on any atom is 0.305 e. The molecule has 0 N–H and O–H groups in total. The number of aryl methyl sites for hydroxylation is 1. The van der Waals surface area contributed by atoms with Crippen LogP contribution in [0.15, 0.2) is 77.8 Å². The minimum absolute atomic E-state index is 0.148. The van der Waals surface area contributed by atoms with Gasteiger partial charge in [0.2, 0.25) is 0 Å². The van der Waals surface area contributed by atoms with Gasteiger partial charge in [-0.1, -0.05) is 72.7 Å². The Hall–Kier alpha value is -2.44. The number of allylic oxidation sites excluding steroid dienone is 8. The number of ether oxygens (including phenoxy) is 1. The summed E-state index contributed by atoms with van der Waals surface area (Å²) in [6.07, 6.45) is 25.8. The zero-order valence-corrected chi connectivity index (χ0v) is 21.5. The molecule has 0 radical (unpaired) electrons. The van der Waals surface area contributed by atoms with E-state index in [9.17, 15) is 13.2 Å². The van der Waals surface area contributed by atoms with Gasteiger partial charge in [-0.3, -0.25) is 8.98 Å². The van der Waals surface area contributed by atoms with Crippen molar-refractivity contribution >= 4 is 16.1 Å². The van der Waals surface area contributed by atoms with Gasteiger partial charge in [0, 0.05) is 6.42 Å². The zero-order chi connectivity index (χ0) is 24.9. The van der Waals surface area contributed by atoms with Crippen molar-refractivity contribution in [2.45, 2.75) is 76.0 Å². The van der Waals surface area contributed by atoms with E-state index in [1.54, 1.807) is 24.3 Å². The second-order valence-electron chi connectivity index (χ2n) is 8.00. The van der Waals surface area contributed by atoms with Crippen LogP contribution < -0.4 is 0 Å². The first-order chi connectivity index (χ1) is 16.5. The van der Waals surface area contributed by atoms with E-state index in [0.717, 1.165) is 63.4 Å². The van der Waals surface area contributed by atoms with Crippen LogP contribution in [0, 0.1) is 6.92 Å². The molecule has 1 aromatic carbocycles. The van der Waals surface area contributed by atoms with Gasteiger partial charge in [-0.25, -0.2) is 0 Å². The minimum Gasteiger partial charge on any atom is -0.469 e. The molecule has 0 bridgehead atoms. The summed E-state index contributed by atoms with van der Waals surface area (Å²) in [6, 6.07) is 6.70. The number of unbranched alkanes of at least 4 members (excludes halogenated alkanes) is 4. The smallest absolute Gasteiger partial charge is 0.305 e. The van der Waals surface area contributed by atoms with Gasteiger partial charge in [-0.2, -0.15) is 8.42 Å². The molecule has 34 heavy (non-hydrogen) atoms. The van der Waals surface area contributed by atoms with Crippen LogP contribution in [0.4, 0.5) is 0 Å². The van der Waals surface area contributed by atoms with E-state index in [-0.39, 0.29) is 17.5 Å². The molecule has 0 aliphatic heterocycles. The lowest BCUT2D eigenvalue weighted by Gasteiger charge is -2.05. The number of hydrogen-bond donors (Lipinski definition) is 0. The summed E-state index contributed by atoms with van der Waals surface area (Å²) < 4.78 is 33.9. The Balaban J connectivity index is 1.97. The van der Waals surface area contributed by atoms with Gasteiger partial charge in [0.1, 0.15) is 0 Å². The van der Waals surface area contributed by atoms with Gasteiger partial charge in [-0.15, -0.1) is 0 Å². The largest absolute Gasteiger partial charge is 0.469 e. The molecule has 0 saturated heterocycles. The highest BCUT2D eigenvalue weighted by molar-refractivity contribution is 7.86. The molecule has 6 heteroatoms. The summed E-state index contributed by atoms with van der Waals surface area (Å²) >= 11 is 0. The van der Waals surface area contributed by atoms with Gasteiger partial charge in [0.25, 0.3) is 10.1 Å². The van der Waals surface area contributed by atoms with Crippen LogP contribution in [0.2, 0.25) is 0 Å². The summed E-state index contributed by atoms with van der Waals surface area (Å²) in [6.45, 7) is 2.14. The highest BCUT2D eigenvalue weighted by Crippen LogP contribution is 2.14. The Morgan fingerprint density at radius 2 is 1.29 bits per heavy atom. The summed E-state index contributed by atoms with van der Waals surface area (Å²) in [4.78, 5) is 11.2. The molecule has 0 amide bonds. The molecule has 0 atom stereocenters. The number of benzene rings is 1. The van der Waals surface area contributed by atoms with Crippen molar-refractivity contribution in [2.24, 2.45) is 0 Å². The predicted octanol–water partition coefficient (Wildman–Crippen LogP) is 7.00. The lowest BCUT2D eigenvalue weighted by molar-refractivity contribution is -0.140. The van der Waals surface area contributed by atoms with E-state index in [4.69, 9.17) is 4.18 Å². The fraction of sp³-hybridized carbons (Fsp3) is 0.464. The Bertz CT molecular complexity index is 893. The van der Waals surface area contributed by atoms with Crippen molar-refractivity contribution in [1.82, 2.24) is 0 Å². The molecule has 0 saturated carbocycles. The average molecular weight is 489 g/mol. The van der Waals surface area contributed by atoms with Gasteiger partial charge >= 0.3 is 5.97 Å². The first-order valence-electron chi connectivity index (χ1n) is 12.1. The molecule has 0 aliphatic rings. The van der Waals surface area contributed by atoms with Crippen LogP contribution in [0.1, 0.15) is 69.8 Å². The normalized spacial score (nSPS) is 12.5. The Morgan fingerprint density at radius 3 is 1.85 bits per heavy atom. The summed E-state index contributed by atoms with van der Waals surface area (Å²) in [7, 11) is -2.23.